The highest BCUT2D eigenvalue weighted by molar-refractivity contribution is 5.42. The molecule has 112 valence electrons. The third-order valence-electron chi connectivity index (χ3n) is 4.10. The molecule has 0 bridgehead atoms. The fourth-order valence-corrected chi connectivity index (χ4v) is 2.96. The largest absolute Gasteiger partial charge is 0.351 e. The average Bonchev–Trinajstić information content (AvgIpc) is 2.47. The molecule has 2 rings (SSSR count). The van der Waals surface area contributed by atoms with Gasteiger partial charge in [0.1, 0.15) is 6.33 Å². The van der Waals surface area contributed by atoms with Crippen LogP contribution >= 0.6 is 0 Å². The van der Waals surface area contributed by atoms with E-state index >= 15 is 0 Å². The van der Waals surface area contributed by atoms with E-state index in [1.54, 1.807) is 0 Å². The van der Waals surface area contributed by atoms with E-state index < -0.39 is 0 Å². The summed E-state index contributed by atoms with van der Waals surface area (Å²) in [5.41, 5.74) is 6.47. The van der Waals surface area contributed by atoms with E-state index in [1.807, 2.05) is 6.92 Å². The zero-order valence-corrected chi connectivity index (χ0v) is 12.5. The number of rotatable bonds is 5. The first-order valence-corrected chi connectivity index (χ1v) is 7.68. The molecular weight excluding hydrogens is 255 g/mol. The summed E-state index contributed by atoms with van der Waals surface area (Å²) in [4.78, 5) is 10.4. The van der Waals surface area contributed by atoms with Crippen molar-refractivity contribution in [3.8, 4) is 0 Å². The van der Waals surface area contributed by atoms with Crippen molar-refractivity contribution in [2.75, 3.05) is 11.4 Å². The highest BCUT2D eigenvalue weighted by atomic mass is 19.1. The van der Waals surface area contributed by atoms with Crippen LogP contribution in [0.2, 0.25) is 0 Å². The normalized spacial score (nSPS) is 22.8. The zero-order valence-electron chi connectivity index (χ0n) is 12.5. The summed E-state index contributed by atoms with van der Waals surface area (Å²) in [7, 11) is 0. The van der Waals surface area contributed by atoms with Crippen LogP contribution in [0.1, 0.15) is 51.6 Å². The second-order valence-corrected chi connectivity index (χ2v) is 5.57. The Morgan fingerprint density at radius 2 is 1.95 bits per heavy atom. The highest BCUT2D eigenvalue weighted by Gasteiger charge is 2.27. The molecule has 1 aromatic heterocycles. The van der Waals surface area contributed by atoms with Gasteiger partial charge in [0.25, 0.3) is 0 Å². The number of hydrogen-bond donors (Lipinski definition) is 1. The standard InChI is InChI=1S/C15H25FN4/c1-3-9-20(12-7-5-11(17)6-8-12)15-14(16)13(4-2)18-10-19-15/h10-12H,3-9,17H2,1-2H3. The van der Waals surface area contributed by atoms with Crippen molar-refractivity contribution in [3.63, 3.8) is 0 Å². The molecular formula is C15H25FN4. The Morgan fingerprint density at radius 3 is 2.55 bits per heavy atom. The SMILES string of the molecule is CCCN(c1ncnc(CC)c1F)C1CCC(N)CC1. The Hall–Kier alpha value is -1.23. The van der Waals surface area contributed by atoms with Crippen LogP contribution in [0.25, 0.3) is 0 Å². The van der Waals surface area contributed by atoms with Crippen LogP contribution in [-0.2, 0) is 6.42 Å². The summed E-state index contributed by atoms with van der Waals surface area (Å²) < 4.78 is 14.5. The van der Waals surface area contributed by atoms with E-state index in [4.69, 9.17) is 5.73 Å². The molecule has 0 atom stereocenters. The van der Waals surface area contributed by atoms with Crippen molar-refractivity contribution in [1.29, 1.82) is 0 Å². The molecule has 1 aromatic rings. The fourth-order valence-electron chi connectivity index (χ4n) is 2.96. The molecule has 0 amide bonds. The highest BCUT2D eigenvalue weighted by Crippen LogP contribution is 2.28. The minimum atomic E-state index is -0.252. The van der Waals surface area contributed by atoms with Gasteiger partial charge in [0.05, 0.1) is 5.69 Å². The maximum Gasteiger partial charge on any atom is 0.187 e. The minimum Gasteiger partial charge on any atom is -0.351 e. The van der Waals surface area contributed by atoms with Gasteiger partial charge in [-0.15, -0.1) is 0 Å². The molecule has 1 aliphatic carbocycles. The molecule has 0 saturated heterocycles. The molecule has 0 spiro atoms. The maximum absolute atomic E-state index is 14.5. The Labute approximate surface area is 120 Å². The number of anilines is 1. The quantitative estimate of drug-likeness (QED) is 0.901. The molecule has 1 saturated carbocycles. The smallest absolute Gasteiger partial charge is 0.187 e. The molecule has 0 radical (unpaired) electrons. The lowest BCUT2D eigenvalue weighted by Crippen LogP contribution is -2.42. The summed E-state index contributed by atoms with van der Waals surface area (Å²) in [6, 6.07) is 0.653. The monoisotopic (exact) mass is 280 g/mol. The zero-order chi connectivity index (χ0) is 14.5. The molecule has 2 N–H and O–H groups in total. The Bertz CT molecular complexity index is 430. The first-order chi connectivity index (χ1) is 9.67. The maximum atomic E-state index is 14.5. The average molecular weight is 280 g/mol. The van der Waals surface area contributed by atoms with Gasteiger partial charge in [0.2, 0.25) is 0 Å². The molecule has 4 nitrogen and oxygen atoms in total. The van der Waals surface area contributed by atoms with Gasteiger partial charge in [-0.1, -0.05) is 13.8 Å². The number of halogens is 1. The van der Waals surface area contributed by atoms with Gasteiger partial charge in [-0.25, -0.2) is 14.4 Å². The van der Waals surface area contributed by atoms with Crippen LogP contribution in [0.3, 0.4) is 0 Å². The van der Waals surface area contributed by atoms with Crippen molar-refractivity contribution in [2.24, 2.45) is 5.73 Å². The topological polar surface area (TPSA) is 55.0 Å². The lowest BCUT2D eigenvalue weighted by molar-refractivity contribution is 0.371. The predicted molar refractivity (Wildman–Crippen MR) is 79.2 cm³/mol. The third-order valence-corrected chi connectivity index (χ3v) is 4.10. The molecule has 1 aliphatic rings. The predicted octanol–water partition coefficient (Wildman–Crippen LogP) is 2.66. The summed E-state index contributed by atoms with van der Waals surface area (Å²) in [5.74, 6) is 0.220. The third kappa shape index (κ3) is 3.26. The first kappa shape index (κ1) is 15.2. The molecule has 1 heterocycles. The van der Waals surface area contributed by atoms with Crippen LogP contribution in [0, 0.1) is 5.82 Å². The van der Waals surface area contributed by atoms with Crippen LogP contribution in [0.5, 0.6) is 0 Å². The minimum absolute atomic E-state index is 0.252. The molecule has 20 heavy (non-hydrogen) atoms. The van der Waals surface area contributed by atoms with E-state index in [9.17, 15) is 4.39 Å². The fraction of sp³-hybridized carbons (Fsp3) is 0.733. The van der Waals surface area contributed by atoms with Gasteiger partial charge in [0.15, 0.2) is 11.6 Å². The second kappa shape index (κ2) is 6.97. The summed E-state index contributed by atoms with van der Waals surface area (Å²) >= 11 is 0. The summed E-state index contributed by atoms with van der Waals surface area (Å²) in [6.07, 6.45) is 7.12. The Kier molecular flexibility index (Phi) is 5.29. The van der Waals surface area contributed by atoms with Crippen molar-refractivity contribution in [2.45, 2.75) is 64.5 Å². The van der Waals surface area contributed by atoms with Crippen molar-refractivity contribution in [3.05, 3.63) is 17.8 Å². The molecule has 0 unspecified atom stereocenters. The summed E-state index contributed by atoms with van der Waals surface area (Å²) in [5, 5.41) is 0. The van der Waals surface area contributed by atoms with E-state index in [0.717, 1.165) is 38.6 Å². The van der Waals surface area contributed by atoms with Crippen LogP contribution in [-0.4, -0.2) is 28.6 Å². The molecule has 1 fully saturated rings. The lowest BCUT2D eigenvalue weighted by atomic mass is 9.90. The van der Waals surface area contributed by atoms with E-state index in [0.29, 0.717) is 30.0 Å². The summed E-state index contributed by atoms with van der Waals surface area (Å²) in [6.45, 7) is 4.86. The van der Waals surface area contributed by atoms with Crippen LogP contribution in [0.15, 0.2) is 6.33 Å². The number of aromatic nitrogens is 2. The molecule has 5 heteroatoms. The Balaban J connectivity index is 2.24. The number of nitrogens with two attached hydrogens (primary N) is 1. The molecule has 0 aromatic carbocycles. The first-order valence-electron chi connectivity index (χ1n) is 7.68. The van der Waals surface area contributed by atoms with Gasteiger partial charge >= 0.3 is 0 Å². The van der Waals surface area contributed by atoms with Gasteiger partial charge in [-0.3, -0.25) is 0 Å². The van der Waals surface area contributed by atoms with Crippen LogP contribution in [0.4, 0.5) is 10.2 Å². The van der Waals surface area contributed by atoms with E-state index in [2.05, 4.69) is 21.8 Å². The van der Waals surface area contributed by atoms with Gasteiger partial charge in [-0.05, 0) is 38.5 Å². The van der Waals surface area contributed by atoms with E-state index in [1.165, 1.54) is 6.33 Å². The van der Waals surface area contributed by atoms with Crippen molar-refractivity contribution < 1.29 is 4.39 Å². The van der Waals surface area contributed by atoms with Gasteiger partial charge in [0, 0.05) is 18.6 Å². The molecule has 0 aliphatic heterocycles. The van der Waals surface area contributed by atoms with Crippen LogP contribution < -0.4 is 10.6 Å². The lowest BCUT2D eigenvalue weighted by Gasteiger charge is -2.37. The Morgan fingerprint density at radius 1 is 1.25 bits per heavy atom. The van der Waals surface area contributed by atoms with Gasteiger partial charge in [-0.2, -0.15) is 0 Å². The van der Waals surface area contributed by atoms with Gasteiger partial charge < -0.3 is 10.6 Å². The van der Waals surface area contributed by atoms with Crippen molar-refractivity contribution in [1.82, 2.24) is 9.97 Å². The second-order valence-electron chi connectivity index (χ2n) is 5.57. The van der Waals surface area contributed by atoms with Crippen molar-refractivity contribution >= 4 is 5.82 Å². The van der Waals surface area contributed by atoms with E-state index in [-0.39, 0.29) is 5.82 Å². The number of aryl methyl sites for hydroxylation is 1. The number of hydrogen-bond acceptors (Lipinski definition) is 4. The number of nitrogens with zero attached hydrogens (tertiary/aromatic N) is 3.